The van der Waals surface area contributed by atoms with E-state index in [9.17, 15) is 22.8 Å². The van der Waals surface area contributed by atoms with Crippen LogP contribution in [0.25, 0.3) is 0 Å². The minimum absolute atomic E-state index is 0.226. The van der Waals surface area contributed by atoms with Crippen LogP contribution < -0.4 is 9.80 Å². The van der Waals surface area contributed by atoms with Crippen molar-refractivity contribution in [1.82, 2.24) is 4.90 Å². The maximum atomic E-state index is 14.4. The van der Waals surface area contributed by atoms with Gasteiger partial charge in [0.25, 0.3) is 0 Å². The SMILES string of the molecule is COC(=O)C1=C(C(=O)OC)N(c2ccc(N3CCN(Cc4ccccc4)CC3)cc2C(F)(F)F)C=CC=C1. The molecule has 0 N–H and O–H groups in total. The van der Waals surface area contributed by atoms with Gasteiger partial charge in [-0.25, -0.2) is 9.59 Å². The summed E-state index contributed by atoms with van der Waals surface area (Å²) in [4.78, 5) is 30.3. The number of nitrogens with zero attached hydrogens (tertiary/aromatic N) is 3. The van der Waals surface area contributed by atoms with E-state index in [1.807, 2.05) is 23.1 Å². The number of hydrogen-bond acceptors (Lipinski definition) is 7. The normalized spacial score (nSPS) is 16.4. The van der Waals surface area contributed by atoms with Crippen molar-refractivity contribution >= 4 is 23.3 Å². The summed E-state index contributed by atoms with van der Waals surface area (Å²) in [5.41, 5.74) is -0.252. The molecular formula is C28H28F3N3O4. The lowest BCUT2D eigenvalue weighted by atomic mass is 10.1. The molecule has 2 heterocycles. The molecule has 0 bridgehead atoms. The Morgan fingerprint density at radius 1 is 0.895 bits per heavy atom. The highest BCUT2D eigenvalue weighted by molar-refractivity contribution is 6.05. The molecule has 4 rings (SSSR count). The van der Waals surface area contributed by atoms with E-state index in [1.54, 1.807) is 6.07 Å². The number of allylic oxidation sites excluding steroid dienone is 2. The summed E-state index contributed by atoms with van der Waals surface area (Å²) in [5, 5.41) is 0. The second kappa shape index (κ2) is 11.6. The molecule has 0 radical (unpaired) electrons. The third kappa shape index (κ3) is 5.91. The van der Waals surface area contributed by atoms with Crippen LogP contribution in [0, 0.1) is 0 Å². The molecule has 2 aromatic carbocycles. The first-order valence-corrected chi connectivity index (χ1v) is 12.0. The van der Waals surface area contributed by atoms with Crippen LogP contribution in [0.2, 0.25) is 0 Å². The molecule has 7 nitrogen and oxygen atoms in total. The Balaban J connectivity index is 1.65. The molecule has 10 heteroatoms. The van der Waals surface area contributed by atoms with E-state index < -0.39 is 23.7 Å². The lowest BCUT2D eigenvalue weighted by molar-refractivity contribution is -0.139. The Labute approximate surface area is 219 Å². The summed E-state index contributed by atoms with van der Waals surface area (Å²) in [6.45, 7) is 3.32. The number of hydrogen-bond donors (Lipinski definition) is 0. The van der Waals surface area contributed by atoms with Crippen LogP contribution in [0.3, 0.4) is 0 Å². The quantitative estimate of drug-likeness (QED) is 0.512. The van der Waals surface area contributed by atoms with E-state index in [2.05, 4.69) is 17.0 Å². The van der Waals surface area contributed by atoms with Gasteiger partial charge in [-0.05, 0) is 35.9 Å². The third-order valence-electron chi connectivity index (χ3n) is 6.42. The molecule has 0 aliphatic carbocycles. The largest absolute Gasteiger partial charge is 0.465 e. The standard InChI is InChI=1S/C28H28F3N3O4/c1-37-26(35)22-10-6-7-13-34(25(22)27(36)38-2)24-12-11-21(18-23(24)28(29,30)31)33-16-14-32(15-17-33)19-20-8-4-3-5-9-20/h3-13,18H,14-17,19H2,1-2H3. The van der Waals surface area contributed by atoms with Crippen LogP contribution in [0.5, 0.6) is 0 Å². The molecule has 2 aromatic rings. The van der Waals surface area contributed by atoms with Gasteiger partial charge in [0.2, 0.25) is 0 Å². The maximum Gasteiger partial charge on any atom is 0.418 e. The van der Waals surface area contributed by atoms with Crippen molar-refractivity contribution in [2.45, 2.75) is 12.7 Å². The number of piperazine rings is 1. The van der Waals surface area contributed by atoms with Crippen LogP contribution in [-0.4, -0.2) is 57.2 Å². The van der Waals surface area contributed by atoms with Crippen LogP contribution in [0.15, 0.2) is 84.2 Å². The van der Waals surface area contributed by atoms with Gasteiger partial charge >= 0.3 is 18.1 Å². The molecule has 2 aliphatic rings. The van der Waals surface area contributed by atoms with Crippen molar-refractivity contribution in [3.63, 3.8) is 0 Å². The molecule has 0 unspecified atom stereocenters. The summed E-state index contributed by atoms with van der Waals surface area (Å²) < 4.78 is 52.7. The van der Waals surface area contributed by atoms with Crippen molar-refractivity contribution in [3.8, 4) is 0 Å². The Hall–Kier alpha value is -4.05. The van der Waals surface area contributed by atoms with Crippen molar-refractivity contribution in [2.24, 2.45) is 0 Å². The Morgan fingerprint density at radius 3 is 2.21 bits per heavy atom. The Kier molecular flexibility index (Phi) is 8.21. The molecular weight excluding hydrogens is 499 g/mol. The fraction of sp³-hybridized carbons (Fsp3) is 0.286. The van der Waals surface area contributed by atoms with E-state index in [1.165, 1.54) is 36.1 Å². The van der Waals surface area contributed by atoms with Crippen molar-refractivity contribution < 1.29 is 32.2 Å². The lowest BCUT2D eigenvalue weighted by Gasteiger charge is -2.36. The number of halogens is 3. The van der Waals surface area contributed by atoms with Crippen molar-refractivity contribution in [2.75, 3.05) is 50.2 Å². The molecule has 200 valence electrons. The van der Waals surface area contributed by atoms with Gasteiger partial charge in [0, 0.05) is 44.6 Å². The van der Waals surface area contributed by atoms with E-state index in [0.717, 1.165) is 31.7 Å². The van der Waals surface area contributed by atoms with Gasteiger partial charge < -0.3 is 19.3 Å². The van der Waals surface area contributed by atoms with Gasteiger partial charge in [-0.1, -0.05) is 36.4 Å². The highest BCUT2D eigenvalue weighted by atomic mass is 19.4. The summed E-state index contributed by atoms with van der Waals surface area (Å²) in [6.07, 6.45) is 0.710. The maximum absolute atomic E-state index is 14.4. The molecule has 1 saturated heterocycles. The number of rotatable bonds is 6. The highest BCUT2D eigenvalue weighted by Crippen LogP contribution is 2.41. The number of carbonyl (C=O) groups is 2. The molecule has 0 saturated carbocycles. The number of benzene rings is 2. The molecule has 0 aromatic heterocycles. The number of methoxy groups -OCH3 is 2. The predicted octanol–water partition coefficient (Wildman–Crippen LogP) is 4.52. The fourth-order valence-electron chi connectivity index (χ4n) is 4.51. The minimum atomic E-state index is -4.74. The molecule has 0 spiro atoms. The number of ether oxygens (including phenoxy) is 2. The average molecular weight is 528 g/mol. The van der Waals surface area contributed by atoms with Crippen LogP contribution in [-0.2, 0) is 31.8 Å². The highest BCUT2D eigenvalue weighted by Gasteiger charge is 2.38. The van der Waals surface area contributed by atoms with Crippen molar-refractivity contribution in [1.29, 1.82) is 0 Å². The smallest absolute Gasteiger partial charge is 0.418 e. The predicted molar refractivity (Wildman–Crippen MR) is 137 cm³/mol. The van der Waals surface area contributed by atoms with Gasteiger partial charge in [0.15, 0.2) is 0 Å². The Bertz CT molecular complexity index is 1260. The van der Waals surface area contributed by atoms with E-state index in [4.69, 9.17) is 9.47 Å². The van der Waals surface area contributed by atoms with E-state index >= 15 is 0 Å². The second-order valence-corrected chi connectivity index (χ2v) is 8.76. The van der Waals surface area contributed by atoms with Gasteiger partial charge in [-0.15, -0.1) is 0 Å². The minimum Gasteiger partial charge on any atom is -0.465 e. The van der Waals surface area contributed by atoms with Crippen LogP contribution >= 0.6 is 0 Å². The van der Waals surface area contributed by atoms with Crippen LogP contribution in [0.4, 0.5) is 24.5 Å². The summed E-state index contributed by atoms with van der Waals surface area (Å²) in [7, 11) is 2.21. The van der Waals surface area contributed by atoms with Gasteiger partial charge in [-0.2, -0.15) is 13.2 Å². The average Bonchev–Trinajstić information content (AvgIpc) is 3.15. The summed E-state index contributed by atoms with van der Waals surface area (Å²) >= 11 is 0. The Morgan fingerprint density at radius 2 is 1.58 bits per heavy atom. The molecule has 2 aliphatic heterocycles. The van der Waals surface area contributed by atoms with Crippen molar-refractivity contribution in [3.05, 3.63) is 95.4 Å². The van der Waals surface area contributed by atoms with Crippen LogP contribution in [0.1, 0.15) is 11.1 Å². The number of carbonyl (C=O) groups excluding carboxylic acids is 2. The zero-order valence-electron chi connectivity index (χ0n) is 21.1. The first kappa shape index (κ1) is 27.0. The number of anilines is 2. The molecule has 0 atom stereocenters. The first-order chi connectivity index (χ1) is 18.2. The molecule has 1 fully saturated rings. The molecule has 38 heavy (non-hydrogen) atoms. The topological polar surface area (TPSA) is 62.3 Å². The lowest BCUT2D eigenvalue weighted by Crippen LogP contribution is -2.46. The monoisotopic (exact) mass is 527 g/mol. The van der Waals surface area contributed by atoms with E-state index in [0.29, 0.717) is 31.9 Å². The van der Waals surface area contributed by atoms with Gasteiger partial charge in [-0.3, -0.25) is 4.90 Å². The zero-order valence-corrected chi connectivity index (χ0v) is 21.1. The van der Waals surface area contributed by atoms with Gasteiger partial charge in [0.05, 0.1) is 31.0 Å². The number of esters is 2. The first-order valence-electron chi connectivity index (χ1n) is 12.0. The second-order valence-electron chi connectivity index (χ2n) is 8.76. The third-order valence-corrected chi connectivity index (χ3v) is 6.42. The molecule has 0 amide bonds. The zero-order chi connectivity index (χ0) is 27.3. The van der Waals surface area contributed by atoms with E-state index in [-0.39, 0.29) is 17.0 Å². The fourth-order valence-corrected chi connectivity index (χ4v) is 4.51. The summed E-state index contributed by atoms with van der Waals surface area (Å²) in [6, 6.07) is 14.0. The van der Waals surface area contributed by atoms with Gasteiger partial charge in [0.1, 0.15) is 5.70 Å². The number of alkyl halides is 3. The summed E-state index contributed by atoms with van der Waals surface area (Å²) in [5.74, 6) is -1.86.